The Bertz CT molecular complexity index is 744. The molecule has 0 spiro atoms. The summed E-state index contributed by atoms with van der Waals surface area (Å²) in [5, 5.41) is 4.26. The van der Waals surface area contributed by atoms with Gasteiger partial charge in [0.1, 0.15) is 5.69 Å². The molecule has 0 N–H and O–H groups in total. The second-order valence-electron chi connectivity index (χ2n) is 4.61. The van der Waals surface area contributed by atoms with E-state index in [4.69, 9.17) is 0 Å². The normalized spacial score (nSPS) is 10.4. The summed E-state index contributed by atoms with van der Waals surface area (Å²) < 4.78 is 1.68. The van der Waals surface area contributed by atoms with Crippen LogP contribution >= 0.6 is 0 Å². The molecule has 20 heavy (non-hydrogen) atoms. The third-order valence-electron chi connectivity index (χ3n) is 3.27. The predicted molar refractivity (Wildman–Crippen MR) is 78.2 cm³/mol. The molecule has 0 fully saturated rings. The smallest absolute Gasteiger partial charge is 0.211 e. The fourth-order valence-electron chi connectivity index (χ4n) is 2.22. The van der Waals surface area contributed by atoms with Gasteiger partial charge in [0.05, 0.1) is 11.9 Å². The van der Waals surface area contributed by atoms with E-state index in [2.05, 4.69) is 5.10 Å². The molecule has 0 aliphatic rings. The van der Waals surface area contributed by atoms with E-state index < -0.39 is 0 Å². The fraction of sp³-hybridized carbons (Fsp3) is 0.0588. The van der Waals surface area contributed by atoms with Gasteiger partial charge in [0.15, 0.2) is 0 Å². The lowest BCUT2D eigenvalue weighted by Crippen LogP contribution is -2.11. The maximum absolute atomic E-state index is 12.7. The average Bonchev–Trinajstić information content (AvgIpc) is 2.97. The zero-order valence-electron chi connectivity index (χ0n) is 11.2. The Morgan fingerprint density at radius 2 is 1.65 bits per heavy atom. The Hall–Kier alpha value is -2.68. The molecular formula is C17H14N2O. The first-order valence-corrected chi connectivity index (χ1v) is 6.47. The monoisotopic (exact) mass is 262 g/mol. The Morgan fingerprint density at radius 1 is 0.950 bits per heavy atom. The number of para-hydroxylation sites is 1. The maximum Gasteiger partial charge on any atom is 0.211 e. The summed E-state index contributed by atoms with van der Waals surface area (Å²) in [5.41, 5.74) is 3.14. The van der Waals surface area contributed by atoms with Crippen molar-refractivity contribution in [2.45, 2.75) is 6.92 Å². The van der Waals surface area contributed by atoms with Crippen molar-refractivity contribution in [1.29, 1.82) is 0 Å². The van der Waals surface area contributed by atoms with Gasteiger partial charge in [-0.25, -0.2) is 4.68 Å². The molecular weight excluding hydrogens is 248 g/mol. The summed E-state index contributed by atoms with van der Waals surface area (Å²) in [4.78, 5) is 12.7. The van der Waals surface area contributed by atoms with Crippen LogP contribution in [-0.4, -0.2) is 15.6 Å². The van der Waals surface area contributed by atoms with Gasteiger partial charge in [0.2, 0.25) is 5.78 Å². The van der Waals surface area contributed by atoms with Crippen LogP contribution in [0.2, 0.25) is 0 Å². The fourth-order valence-corrected chi connectivity index (χ4v) is 2.22. The molecule has 3 aromatic rings. The SMILES string of the molecule is Cc1ccccc1C(=O)c1ccnn1-c1ccccc1. The third-order valence-corrected chi connectivity index (χ3v) is 3.27. The van der Waals surface area contributed by atoms with E-state index in [1.165, 1.54) is 0 Å². The number of carbonyl (C=O) groups excluding carboxylic acids is 1. The summed E-state index contributed by atoms with van der Waals surface area (Å²) in [6.07, 6.45) is 1.65. The van der Waals surface area contributed by atoms with E-state index in [1.807, 2.05) is 61.5 Å². The van der Waals surface area contributed by atoms with Crippen molar-refractivity contribution in [2.75, 3.05) is 0 Å². The number of benzene rings is 2. The second-order valence-corrected chi connectivity index (χ2v) is 4.61. The van der Waals surface area contributed by atoms with Crippen molar-refractivity contribution < 1.29 is 4.79 Å². The van der Waals surface area contributed by atoms with Crippen molar-refractivity contribution in [3.05, 3.63) is 83.7 Å². The first-order chi connectivity index (χ1) is 9.77. The Balaban J connectivity index is 2.07. The summed E-state index contributed by atoms with van der Waals surface area (Å²) in [5.74, 6) is -0.00977. The largest absolute Gasteiger partial charge is 0.287 e. The third kappa shape index (κ3) is 2.14. The van der Waals surface area contributed by atoms with E-state index >= 15 is 0 Å². The number of rotatable bonds is 3. The van der Waals surface area contributed by atoms with Gasteiger partial charge in [-0.2, -0.15) is 5.10 Å². The van der Waals surface area contributed by atoms with Crippen molar-refractivity contribution in [3.63, 3.8) is 0 Å². The number of hydrogen-bond donors (Lipinski definition) is 0. The molecule has 0 aliphatic carbocycles. The molecule has 0 aliphatic heterocycles. The van der Waals surface area contributed by atoms with Crippen molar-refractivity contribution in [1.82, 2.24) is 9.78 Å². The van der Waals surface area contributed by atoms with Crippen LogP contribution in [0.3, 0.4) is 0 Å². The maximum atomic E-state index is 12.7. The Labute approximate surface area is 117 Å². The molecule has 0 saturated heterocycles. The van der Waals surface area contributed by atoms with Crippen LogP contribution in [0.5, 0.6) is 0 Å². The van der Waals surface area contributed by atoms with Crippen molar-refractivity contribution in [2.24, 2.45) is 0 Å². The number of aryl methyl sites for hydroxylation is 1. The van der Waals surface area contributed by atoms with E-state index in [0.717, 1.165) is 11.3 Å². The summed E-state index contributed by atoms with van der Waals surface area (Å²) in [7, 11) is 0. The average molecular weight is 262 g/mol. The number of nitrogens with zero attached hydrogens (tertiary/aromatic N) is 2. The van der Waals surface area contributed by atoms with Gasteiger partial charge in [-0.15, -0.1) is 0 Å². The first kappa shape index (κ1) is 12.4. The molecule has 98 valence electrons. The van der Waals surface area contributed by atoms with Crippen LogP contribution in [-0.2, 0) is 0 Å². The minimum Gasteiger partial charge on any atom is -0.287 e. The highest BCUT2D eigenvalue weighted by molar-refractivity contribution is 6.09. The lowest BCUT2D eigenvalue weighted by molar-refractivity contribution is 0.103. The van der Waals surface area contributed by atoms with Crippen LogP contribution in [0, 0.1) is 6.92 Å². The van der Waals surface area contributed by atoms with Crippen LogP contribution < -0.4 is 0 Å². The van der Waals surface area contributed by atoms with Gasteiger partial charge in [-0.05, 0) is 30.7 Å². The molecule has 1 aromatic heterocycles. The molecule has 0 saturated carbocycles. The van der Waals surface area contributed by atoms with Crippen LogP contribution in [0.1, 0.15) is 21.6 Å². The van der Waals surface area contributed by atoms with Crippen molar-refractivity contribution >= 4 is 5.78 Å². The zero-order valence-corrected chi connectivity index (χ0v) is 11.2. The van der Waals surface area contributed by atoms with Crippen LogP contribution in [0.4, 0.5) is 0 Å². The number of ketones is 1. The molecule has 0 radical (unpaired) electrons. The highest BCUT2D eigenvalue weighted by Gasteiger charge is 2.16. The highest BCUT2D eigenvalue weighted by Crippen LogP contribution is 2.16. The Morgan fingerprint density at radius 3 is 2.40 bits per heavy atom. The molecule has 0 unspecified atom stereocenters. The minimum atomic E-state index is -0.00977. The van der Waals surface area contributed by atoms with E-state index in [1.54, 1.807) is 16.9 Å². The van der Waals surface area contributed by atoms with Gasteiger partial charge in [0.25, 0.3) is 0 Å². The summed E-state index contributed by atoms with van der Waals surface area (Å²) in [6.45, 7) is 1.94. The van der Waals surface area contributed by atoms with E-state index in [9.17, 15) is 4.79 Å². The zero-order chi connectivity index (χ0) is 13.9. The molecule has 3 nitrogen and oxygen atoms in total. The van der Waals surface area contributed by atoms with Gasteiger partial charge < -0.3 is 0 Å². The number of hydrogen-bond acceptors (Lipinski definition) is 2. The van der Waals surface area contributed by atoms with E-state index in [0.29, 0.717) is 11.3 Å². The minimum absolute atomic E-state index is 0.00977. The lowest BCUT2D eigenvalue weighted by Gasteiger charge is -2.08. The number of carbonyl (C=O) groups is 1. The number of aromatic nitrogens is 2. The second kappa shape index (κ2) is 5.13. The first-order valence-electron chi connectivity index (χ1n) is 6.47. The van der Waals surface area contributed by atoms with Crippen LogP contribution in [0.25, 0.3) is 5.69 Å². The van der Waals surface area contributed by atoms with Crippen molar-refractivity contribution in [3.8, 4) is 5.69 Å². The van der Waals surface area contributed by atoms with Gasteiger partial charge in [-0.1, -0.05) is 42.5 Å². The lowest BCUT2D eigenvalue weighted by atomic mass is 10.0. The predicted octanol–water partition coefficient (Wildman–Crippen LogP) is 3.41. The molecule has 2 aromatic carbocycles. The van der Waals surface area contributed by atoms with Crippen LogP contribution in [0.15, 0.2) is 66.9 Å². The van der Waals surface area contributed by atoms with Gasteiger partial charge in [0, 0.05) is 5.56 Å². The standard InChI is InChI=1S/C17H14N2O/c1-13-7-5-6-10-15(13)17(20)16-11-12-18-19(16)14-8-3-2-4-9-14/h2-12H,1H3. The summed E-state index contributed by atoms with van der Waals surface area (Å²) in [6, 6.07) is 19.0. The quantitative estimate of drug-likeness (QED) is 0.678. The topological polar surface area (TPSA) is 34.9 Å². The molecule has 0 amide bonds. The van der Waals surface area contributed by atoms with E-state index in [-0.39, 0.29) is 5.78 Å². The molecule has 0 atom stereocenters. The Kier molecular flexibility index (Phi) is 3.17. The van der Waals surface area contributed by atoms with Gasteiger partial charge in [-0.3, -0.25) is 4.79 Å². The molecule has 1 heterocycles. The molecule has 3 heteroatoms. The molecule has 0 bridgehead atoms. The molecule has 3 rings (SSSR count). The summed E-state index contributed by atoms with van der Waals surface area (Å²) >= 11 is 0. The highest BCUT2D eigenvalue weighted by atomic mass is 16.1. The van der Waals surface area contributed by atoms with Gasteiger partial charge >= 0.3 is 0 Å².